The van der Waals surface area contributed by atoms with Gasteiger partial charge in [0.1, 0.15) is 5.60 Å². The number of hydrogen-bond donors (Lipinski definition) is 1. The van der Waals surface area contributed by atoms with Crippen molar-refractivity contribution in [1.29, 1.82) is 0 Å². The summed E-state index contributed by atoms with van der Waals surface area (Å²) < 4.78 is 6.98. The Morgan fingerprint density at radius 3 is 2.76 bits per heavy atom. The molecular formula is C18H21ClN4O2. The lowest BCUT2D eigenvalue weighted by atomic mass is 10.1. The number of hydrogen-bond acceptors (Lipinski definition) is 3. The molecule has 7 heteroatoms. The lowest BCUT2D eigenvalue weighted by Crippen LogP contribution is -2.39. The predicted molar refractivity (Wildman–Crippen MR) is 97.8 cm³/mol. The first-order chi connectivity index (χ1) is 11.7. The second-order valence-electron chi connectivity index (χ2n) is 6.75. The number of halogens is 1. The van der Waals surface area contributed by atoms with Gasteiger partial charge in [-0.15, -0.1) is 0 Å². The second kappa shape index (κ2) is 7.58. The first-order valence-electron chi connectivity index (χ1n) is 7.88. The van der Waals surface area contributed by atoms with Gasteiger partial charge >= 0.3 is 6.09 Å². The van der Waals surface area contributed by atoms with E-state index >= 15 is 0 Å². The van der Waals surface area contributed by atoms with Crippen molar-refractivity contribution in [2.24, 2.45) is 0 Å². The molecular weight excluding hydrogens is 340 g/mol. The van der Waals surface area contributed by atoms with Crippen LogP contribution in [-0.4, -0.2) is 27.5 Å². The van der Waals surface area contributed by atoms with Crippen LogP contribution in [0.2, 0.25) is 5.02 Å². The van der Waals surface area contributed by atoms with Gasteiger partial charge in [0.05, 0.1) is 18.8 Å². The Bertz CT molecular complexity index is 802. The summed E-state index contributed by atoms with van der Waals surface area (Å²) in [5.74, 6) is 0. The minimum absolute atomic E-state index is 0.143. The molecule has 2 aromatic rings. The largest absolute Gasteiger partial charge is 0.444 e. The summed E-state index contributed by atoms with van der Waals surface area (Å²) >= 11 is 6.07. The summed E-state index contributed by atoms with van der Waals surface area (Å²) in [7, 11) is 0. The molecule has 6 nitrogen and oxygen atoms in total. The van der Waals surface area contributed by atoms with Crippen LogP contribution in [0.4, 0.5) is 10.5 Å². The molecule has 1 aromatic heterocycles. The number of nitrogens with zero attached hydrogens (tertiary/aromatic N) is 3. The lowest BCUT2D eigenvalue weighted by molar-refractivity contribution is 0.0503. The van der Waals surface area contributed by atoms with Crippen LogP contribution in [0.5, 0.6) is 0 Å². The quantitative estimate of drug-likeness (QED) is 0.806. The van der Waals surface area contributed by atoms with E-state index in [1.165, 1.54) is 0 Å². The van der Waals surface area contributed by atoms with Crippen LogP contribution < -0.4 is 5.32 Å². The molecule has 0 saturated heterocycles. The van der Waals surface area contributed by atoms with Crippen molar-refractivity contribution >= 4 is 23.4 Å². The SMILES string of the molecule is [C-]#[N+]c1ccc(-c2ccn(C[C@@H](C)NC(=O)OC(C)(C)C)n2)cc1Cl. The average molecular weight is 361 g/mol. The number of benzene rings is 1. The summed E-state index contributed by atoms with van der Waals surface area (Å²) in [5, 5.41) is 7.67. The van der Waals surface area contributed by atoms with Gasteiger partial charge < -0.3 is 10.1 Å². The van der Waals surface area contributed by atoms with E-state index in [4.69, 9.17) is 22.9 Å². The molecule has 0 fully saturated rings. The van der Waals surface area contributed by atoms with E-state index in [1.54, 1.807) is 16.8 Å². The summed E-state index contributed by atoms with van der Waals surface area (Å²) in [5.41, 5.74) is 1.48. The van der Waals surface area contributed by atoms with E-state index in [2.05, 4.69) is 15.3 Å². The predicted octanol–water partition coefficient (Wildman–Crippen LogP) is 4.67. The number of rotatable bonds is 4. The van der Waals surface area contributed by atoms with Gasteiger partial charge in [0, 0.05) is 22.8 Å². The number of amides is 1. The molecule has 0 spiro atoms. The molecule has 1 aromatic carbocycles. The first kappa shape index (κ1) is 18.8. The minimum atomic E-state index is -0.528. The smallest absolute Gasteiger partial charge is 0.407 e. The third kappa shape index (κ3) is 5.50. The van der Waals surface area contributed by atoms with E-state index in [9.17, 15) is 4.79 Å². The van der Waals surface area contributed by atoms with Gasteiger partial charge in [-0.05, 0) is 39.8 Å². The Morgan fingerprint density at radius 2 is 2.16 bits per heavy atom. The number of aromatic nitrogens is 2. The zero-order valence-electron chi connectivity index (χ0n) is 14.7. The maximum atomic E-state index is 11.8. The van der Waals surface area contributed by atoms with E-state index in [0.717, 1.165) is 11.3 Å². The second-order valence-corrected chi connectivity index (χ2v) is 7.16. The van der Waals surface area contributed by atoms with Crippen LogP contribution in [0.15, 0.2) is 30.5 Å². The summed E-state index contributed by atoms with van der Waals surface area (Å²) in [6, 6.07) is 6.94. The van der Waals surface area contributed by atoms with Crippen molar-refractivity contribution in [2.45, 2.75) is 45.9 Å². The molecule has 0 unspecified atom stereocenters. The van der Waals surface area contributed by atoms with Gasteiger partial charge in [-0.25, -0.2) is 9.64 Å². The Morgan fingerprint density at radius 1 is 1.44 bits per heavy atom. The molecule has 0 bridgehead atoms. The van der Waals surface area contributed by atoms with Crippen molar-refractivity contribution < 1.29 is 9.53 Å². The maximum Gasteiger partial charge on any atom is 0.407 e. The van der Waals surface area contributed by atoms with Crippen LogP contribution in [0.25, 0.3) is 16.1 Å². The van der Waals surface area contributed by atoms with E-state index in [-0.39, 0.29) is 6.04 Å². The lowest BCUT2D eigenvalue weighted by Gasteiger charge is -2.21. The topological polar surface area (TPSA) is 60.5 Å². The molecule has 25 heavy (non-hydrogen) atoms. The Kier molecular flexibility index (Phi) is 5.70. The Balaban J connectivity index is 2.00. The summed E-state index contributed by atoms with van der Waals surface area (Å²) in [4.78, 5) is 15.1. The number of ether oxygens (including phenoxy) is 1. The standard InChI is InChI=1S/C18H21ClN4O2/c1-12(21-17(24)25-18(2,3)4)11-23-9-8-15(22-23)13-6-7-16(20-5)14(19)10-13/h6-10,12H,11H2,1-4H3,(H,21,24)/t12-/m1/s1. The highest BCUT2D eigenvalue weighted by molar-refractivity contribution is 6.33. The zero-order chi connectivity index (χ0) is 18.6. The van der Waals surface area contributed by atoms with Crippen molar-refractivity contribution in [3.05, 3.63) is 46.9 Å². The molecule has 0 radical (unpaired) electrons. The molecule has 2 rings (SSSR count). The van der Waals surface area contributed by atoms with Gasteiger partial charge in [-0.1, -0.05) is 23.7 Å². The van der Waals surface area contributed by atoms with Crippen molar-refractivity contribution in [1.82, 2.24) is 15.1 Å². The molecule has 1 heterocycles. The fourth-order valence-electron chi connectivity index (χ4n) is 2.21. The van der Waals surface area contributed by atoms with Gasteiger partial charge in [0.15, 0.2) is 0 Å². The third-order valence-electron chi connectivity index (χ3n) is 3.23. The maximum absolute atomic E-state index is 11.8. The molecule has 0 aliphatic heterocycles. The molecule has 0 aliphatic rings. The highest BCUT2D eigenvalue weighted by Crippen LogP contribution is 2.29. The zero-order valence-corrected chi connectivity index (χ0v) is 15.5. The van der Waals surface area contributed by atoms with E-state index < -0.39 is 11.7 Å². The summed E-state index contributed by atoms with van der Waals surface area (Å²) in [6.45, 7) is 14.9. The van der Waals surface area contributed by atoms with Crippen LogP contribution in [-0.2, 0) is 11.3 Å². The fourth-order valence-corrected chi connectivity index (χ4v) is 2.43. The van der Waals surface area contributed by atoms with Gasteiger partial charge in [0.2, 0.25) is 5.69 Å². The molecule has 0 saturated carbocycles. The van der Waals surface area contributed by atoms with Gasteiger partial charge in [-0.3, -0.25) is 4.68 Å². The minimum Gasteiger partial charge on any atom is -0.444 e. The monoisotopic (exact) mass is 360 g/mol. The fraction of sp³-hybridized carbons (Fsp3) is 0.389. The number of alkyl carbamates (subject to hydrolysis) is 1. The van der Waals surface area contributed by atoms with E-state index in [0.29, 0.717) is 17.3 Å². The van der Waals surface area contributed by atoms with Crippen molar-refractivity contribution in [3.63, 3.8) is 0 Å². The first-order valence-corrected chi connectivity index (χ1v) is 8.26. The highest BCUT2D eigenvalue weighted by Gasteiger charge is 2.18. The van der Waals surface area contributed by atoms with Gasteiger partial charge in [0.25, 0.3) is 0 Å². The highest BCUT2D eigenvalue weighted by atomic mass is 35.5. The molecule has 132 valence electrons. The number of carbonyl (C=O) groups is 1. The summed E-state index contributed by atoms with van der Waals surface area (Å²) in [6.07, 6.45) is 1.38. The van der Waals surface area contributed by atoms with Crippen molar-refractivity contribution in [3.8, 4) is 11.3 Å². The number of carbonyl (C=O) groups excluding carboxylic acids is 1. The third-order valence-corrected chi connectivity index (χ3v) is 3.53. The van der Waals surface area contributed by atoms with E-state index in [1.807, 2.05) is 46.0 Å². The molecule has 1 amide bonds. The Hall–Kier alpha value is -2.52. The molecule has 0 aliphatic carbocycles. The van der Waals surface area contributed by atoms with Crippen LogP contribution >= 0.6 is 11.6 Å². The normalized spacial score (nSPS) is 12.3. The van der Waals surface area contributed by atoms with Crippen LogP contribution in [0, 0.1) is 6.57 Å². The molecule has 1 atom stereocenters. The van der Waals surface area contributed by atoms with Crippen LogP contribution in [0.3, 0.4) is 0 Å². The van der Waals surface area contributed by atoms with Gasteiger partial charge in [-0.2, -0.15) is 5.10 Å². The van der Waals surface area contributed by atoms with Crippen molar-refractivity contribution in [2.75, 3.05) is 0 Å². The molecule has 1 N–H and O–H groups in total. The number of nitrogens with one attached hydrogen (secondary N) is 1. The Labute approximate surface area is 152 Å². The average Bonchev–Trinajstić information content (AvgIpc) is 2.93. The van der Waals surface area contributed by atoms with Crippen LogP contribution in [0.1, 0.15) is 27.7 Å².